The van der Waals surface area contributed by atoms with Gasteiger partial charge in [-0.25, -0.2) is 4.98 Å². The second-order valence-electron chi connectivity index (χ2n) is 4.23. The lowest BCUT2D eigenvalue weighted by Crippen LogP contribution is -2.06. The maximum absolute atomic E-state index is 5.62. The third-order valence-electron chi connectivity index (χ3n) is 2.83. The molecular weight excluding hydrogens is 224 g/mol. The number of nitrogen functional groups attached to an aromatic ring is 1. The first-order valence-corrected chi connectivity index (χ1v) is 6.11. The number of nitrogens with two attached hydrogens (primary N) is 1. The molecule has 0 aliphatic heterocycles. The number of aromatic nitrogens is 2. The molecule has 0 aliphatic rings. The second-order valence-corrected chi connectivity index (χ2v) is 4.23. The van der Waals surface area contributed by atoms with E-state index >= 15 is 0 Å². The Morgan fingerprint density at radius 3 is 2.56 bits per heavy atom. The number of nitrogens with one attached hydrogen (secondary N) is 1. The molecule has 0 spiro atoms. The van der Waals surface area contributed by atoms with Crippen molar-refractivity contribution in [2.24, 2.45) is 0 Å². The van der Waals surface area contributed by atoms with Gasteiger partial charge in [-0.05, 0) is 24.5 Å². The SMILES string of the molecule is CCc1ccccc1CNc1cc(C)nc(N)n1. The number of hydrogen-bond acceptors (Lipinski definition) is 4. The largest absolute Gasteiger partial charge is 0.368 e. The molecule has 1 aromatic carbocycles. The highest BCUT2D eigenvalue weighted by Gasteiger charge is 2.02. The summed E-state index contributed by atoms with van der Waals surface area (Å²) in [5.74, 6) is 1.08. The van der Waals surface area contributed by atoms with Crippen molar-refractivity contribution in [1.29, 1.82) is 0 Å². The number of rotatable bonds is 4. The van der Waals surface area contributed by atoms with Gasteiger partial charge in [0.15, 0.2) is 0 Å². The van der Waals surface area contributed by atoms with Gasteiger partial charge in [0.25, 0.3) is 0 Å². The molecule has 2 rings (SSSR count). The lowest BCUT2D eigenvalue weighted by atomic mass is 10.1. The van der Waals surface area contributed by atoms with Crippen molar-refractivity contribution in [2.75, 3.05) is 11.1 Å². The summed E-state index contributed by atoms with van der Waals surface area (Å²) in [5.41, 5.74) is 9.13. The number of aryl methyl sites for hydroxylation is 2. The monoisotopic (exact) mass is 242 g/mol. The van der Waals surface area contributed by atoms with Crippen LogP contribution >= 0.6 is 0 Å². The van der Waals surface area contributed by atoms with E-state index in [2.05, 4.69) is 46.5 Å². The minimum Gasteiger partial charge on any atom is -0.368 e. The van der Waals surface area contributed by atoms with Crippen molar-refractivity contribution in [1.82, 2.24) is 9.97 Å². The van der Waals surface area contributed by atoms with Crippen LogP contribution in [0.25, 0.3) is 0 Å². The molecule has 3 N–H and O–H groups in total. The molecule has 0 amide bonds. The lowest BCUT2D eigenvalue weighted by molar-refractivity contribution is 1.02. The number of benzene rings is 1. The predicted octanol–water partition coefficient (Wildman–Crippen LogP) is 2.54. The van der Waals surface area contributed by atoms with Crippen molar-refractivity contribution in [3.05, 3.63) is 47.2 Å². The van der Waals surface area contributed by atoms with Crippen LogP contribution in [-0.4, -0.2) is 9.97 Å². The van der Waals surface area contributed by atoms with Crippen LogP contribution in [0, 0.1) is 6.92 Å². The van der Waals surface area contributed by atoms with E-state index < -0.39 is 0 Å². The highest BCUT2D eigenvalue weighted by Crippen LogP contribution is 2.13. The van der Waals surface area contributed by atoms with Crippen LogP contribution in [0.2, 0.25) is 0 Å². The van der Waals surface area contributed by atoms with Gasteiger partial charge in [0.05, 0.1) is 0 Å². The van der Waals surface area contributed by atoms with Gasteiger partial charge in [-0.1, -0.05) is 31.2 Å². The Morgan fingerprint density at radius 1 is 1.17 bits per heavy atom. The highest BCUT2D eigenvalue weighted by atomic mass is 15.1. The standard InChI is InChI=1S/C14H18N4/c1-3-11-6-4-5-7-12(11)9-16-13-8-10(2)17-14(15)18-13/h4-8H,3,9H2,1-2H3,(H3,15,16,17,18). The summed E-state index contributed by atoms with van der Waals surface area (Å²) < 4.78 is 0. The maximum Gasteiger partial charge on any atom is 0.222 e. The Bertz CT molecular complexity index is 517. The molecule has 0 radical (unpaired) electrons. The molecule has 1 aromatic heterocycles. The summed E-state index contributed by atoms with van der Waals surface area (Å²) in [6.07, 6.45) is 1.03. The van der Waals surface area contributed by atoms with Crippen LogP contribution < -0.4 is 11.1 Å². The molecule has 0 aliphatic carbocycles. The molecule has 0 unspecified atom stereocenters. The van der Waals surface area contributed by atoms with E-state index in [1.807, 2.05) is 13.0 Å². The van der Waals surface area contributed by atoms with Crippen LogP contribution in [-0.2, 0) is 13.0 Å². The summed E-state index contributed by atoms with van der Waals surface area (Å²) in [7, 11) is 0. The summed E-state index contributed by atoms with van der Waals surface area (Å²) in [4.78, 5) is 8.21. The molecule has 4 nitrogen and oxygen atoms in total. The van der Waals surface area contributed by atoms with Crippen molar-refractivity contribution in [3.63, 3.8) is 0 Å². The van der Waals surface area contributed by atoms with Gasteiger partial charge in [0.2, 0.25) is 5.95 Å². The average Bonchev–Trinajstić information content (AvgIpc) is 2.35. The van der Waals surface area contributed by atoms with Crippen molar-refractivity contribution < 1.29 is 0 Å². The minimum atomic E-state index is 0.307. The van der Waals surface area contributed by atoms with Gasteiger partial charge in [-0.3, -0.25) is 0 Å². The molecule has 0 saturated carbocycles. The van der Waals surface area contributed by atoms with Gasteiger partial charge in [0.1, 0.15) is 5.82 Å². The number of nitrogens with zero attached hydrogens (tertiary/aromatic N) is 2. The van der Waals surface area contributed by atoms with Gasteiger partial charge >= 0.3 is 0 Å². The summed E-state index contributed by atoms with van der Waals surface area (Å²) in [5, 5.41) is 3.29. The van der Waals surface area contributed by atoms with Crippen molar-refractivity contribution >= 4 is 11.8 Å². The fourth-order valence-corrected chi connectivity index (χ4v) is 1.94. The van der Waals surface area contributed by atoms with E-state index in [0.29, 0.717) is 5.95 Å². The first kappa shape index (κ1) is 12.4. The van der Waals surface area contributed by atoms with E-state index in [1.165, 1.54) is 11.1 Å². The van der Waals surface area contributed by atoms with E-state index in [4.69, 9.17) is 5.73 Å². The van der Waals surface area contributed by atoms with Crippen LogP contribution in [0.3, 0.4) is 0 Å². The van der Waals surface area contributed by atoms with Crippen molar-refractivity contribution in [3.8, 4) is 0 Å². The normalized spacial score (nSPS) is 10.3. The topological polar surface area (TPSA) is 63.8 Å². The zero-order valence-corrected chi connectivity index (χ0v) is 10.8. The Labute approximate surface area is 107 Å². The third-order valence-corrected chi connectivity index (χ3v) is 2.83. The van der Waals surface area contributed by atoms with Crippen LogP contribution in [0.1, 0.15) is 23.7 Å². The molecule has 0 atom stereocenters. The molecule has 1 heterocycles. The number of hydrogen-bond donors (Lipinski definition) is 2. The zero-order chi connectivity index (χ0) is 13.0. The van der Waals surface area contributed by atoms with Crippen LogP contribution in [0.4, 0.5) is 11.8 Å². The Balaban J connectivity index is 2.11. The Morgan fingerprint density at radius 2 is 1.89 bits per heavy atom. The van der Waals surface area contributed by atoms with E-state index in [1.54, 1.807) is 0 Å². The fraction of sp³-hybridized carbons (Fsp3) is 0.286. The molecule has 18 heavy (non-hydrogen) atoms. The molecule has 0 saturated heterocycles. The van der Waals surface area contributed by atoms with E-state index in [9.17, 15) is 0 Å². The van der Waals surface area contributed by atoms with Gasteiger partial charge in [0, 0.05) is 18.3 Å². The molecular formula is C14H18N4. The molecule has 94 valence electrons. The average molecular weight is 242 g/mol. The first-order chi connectivity index (χ1) is 8.69. The third kappa shape index (κ3) is 2.97. The van der Waals surface area contributed by atoms with E-state index in [-0.39, 0.29) is 0 Å². The number of anilines is 2. The summed E-state index contributed by atoms with van der Waals surface area (Å²) >= 11 is 0. The molecule has 0 fully saturated rings. The quantitative estimate of drug-likeness (QED) is 0.864. The molecule has 4 heteroatoms. The zero-order valence-electron chi connectivity index (χ0n) is 10.8. The maximum atomic E-state index is 5.62. The second kappa shape index (κ2) is 5.49. The van der Waals surface area contributed by atoms with Crippen LogP contribution in [0.15, 0.2) is 30.3 Å². The Kier molecular flexibility index (Phi) is 3.77. The predicted molar refractivity (Wildman–Crippen MR) is 74.3 cm³/mol. The first-order valence-electron chi connectivity index (χ1n) is 6.11. The summed E-state index contributed by atoms with van der Waals surface area (Å²) in [6, 6.07) is 10.3. The fourth-order valence-electron chi connectivity index (χ4n) is 1.94. The molecule has 2 aromatic rings. The highest BCUT2D eigenvalue weighted by molar-refractivity contribution is 5.41. The summed E-state index contributed by atoms with van der Waals surface area (Å²) in [6.45, 7) is 4.81. The lowest BCUT2D eigenvalue weighted by Gasteiger charge is -2.10. The van der Waals surface area contributed by atoms with Crippen molar-refractivity contribution in [2.45, 2.75) is 26.8 Å². The van der Waals surface area contributed by atoms with Crippen LogP contribution in [0.5, 0.6) is 0 Å². The van der Waals surface area contributed by atoms with Gasteiger partial charge in [-0.2, -0.15) is 4.98 Å². The van der Waals surface area contributed by atoms with Gasteiger partial charge in [-0.15, -0.1) is 0 Å². The molecule has 0 bridgehead atoms. The minimum absolute atomic E-state index is 0.307. The Hall–Kier alpha value is -2.10. The van der Waals surface area contributed by atoms with Gasteiger partial charge < -0.3 is 11.1 Å². The van der Waals surface area contributed by atoms with E-state index in [0.717, 1.165) is 24.5 Å². The smallest absolute Gasteiger partial charge is 0.222 e.